The largest absolute Gasteiger partial charge is 0.495 e. The van der Waals surface area contributed by atoms with Crippen LogP contribution >= 0.6 is 10.7 Å². The third-order valence-electron chi connectivity index (χ3n) is 3.57. The molecule has 0 saturated heterocycles. The molecule has 0 radical (unpaired) electrons. The van der Waals surface area contributed by atoms with Crippen LogP contribution in [0.3, 0.4) is 0 Å². The van der Waals surface area contributed by atoms with Gasteiger partial charge < -0.3 is 9.84 Å². The van der Waals surface area contributed by atoms with Crippen LogP contribution in [0, 0.1) is 18.3 Å². The highest BCUT2D eigenvalue weighted by molar-refractivity contribution is 8.13. The Morgan fingerprint density at radius 1 is 1.35 bits per heavy atom. The Kier molecular flexibility index (Phi) is 5.34. The monoisotopic (exact) mass is 396 g/mol. The van der Waals surface area contributed by atoms with Gasteiger partial charge >= 0.3 is 0 Å². The normalized spacial score (nSPS) is 11.5. The lowest BCUT2D eigenvalue weighted by Crippen LogP contribution is -2.20. The van der Waals surface area contributed by atoms with Crippen molar-refractivity contribution < 1.29 is 18.3 Å². The Bertz CT molecular complexity index is 1120. The SMILES string of the molecule is COc1ccc(/N=N/c2c(C)c(C#N)c(=O)n(C)c2O)cc1S(=O)(=O)Cl. The lowest BCUT2D eigenvalue weighted by Gasteiger charge is -2.09. The molecule has 9 nitrogen and oxygen atoms in total. The molecule has 2 aromatic rings. The van der Waals surface area contributed by atoms with Crippen molar-refractivity contribution in [2.24, 2.45) is 17.3 Å². The van der Waals surface area contributed by atoms with Crippen LogP contribution in [0.1, 0.15) is 11.1 Å². The van der Waals surface area contributed by atoms with E-state index in [2.05, 4.69) is 10.2 Å². The number of aromatic hydroxyl groups is 1. The Balaban J connectivity index is 2.61. The first-order valence-electron chi connectivity index (χ1n) is 6.99. The fraction of sp³-hybridized carbons (Fsp3) is 0.200. The van der Waals surface area contributed by atoms with Crippen molar-refractivity contribution >= 4 is 31.1 Å². The first-order valence-corrected chi connectivity index (χ1v) is 9.29. The van der Waals surface area contributed by atoms with Crippen molar-refractivity contribution in [1.29, 1.82) is 5.26 Å². The predicted molar refractivity (Wildman–Crippen MR) is 93.0 cm³/mol. The Morgan fingerprint density at radius 2 is 2.00 bits per heavy atom. The lowest BCUT2D eigenvalue weighted by molar-refractivity contribution is 0.403. The number of hydrogen-bond donors (Lipinski definition) is 1. The molecule has 0 unspecified atom stereocenters. The van der Waals surface area contributed by atoms with E-state index in [0.29, 0.717) is 0 Å². The summed E-state index contributed by atoms with van der Waals surface area (Å²) in [6, 6.07) is 5.67. The highest BCUT2D eigenvalue weighted by atomic mass is 35.7. The van der Waals surface area contributed by atoms with E-state index in [4.69, 9.17) is 20.7 Å². The van der Waals surface area contributed by atoms with Crippen molar-refractivity contribution in [1.82, 2.24) is 4.57 Å². The minimum atomic E-state index is -4.08. The lowest BCUT2D eigenvalue weighted by atomic mass is 10.1. The Labute approximate surface area is 153 Å². The van der Waals surface area contributed by atoms with Crippen LogP contribution in [-0.4, -0.2) is 25.2 Å². The molecule has 26 heavy (non-hydrogen) atoms. The van der Waals surface area contributed by atoms with Crippen LogP contribution in [0.4, 0.5) is 11.4 Å². The number of hydrogen-bond acceptors (Lipinski definition) is 8. The number of benzene rings is 1. The number of methoxy groups -OCH3 is 1. The third kappa shape index (κ3) is 3.54. The highest BCUT2D eigenvalue weighted by Crippen LogP contribution is 2.34. The molecule has 0 aliphatic rings. The van der Waals surface area contributed by atoms with Gasteiger partial charge in [0.1, 0.15) is 22.3 Å². The molecule has 0 amide bonds. The van der Waals surface area contributed by atoms with Gasteiger partial charge in [-0.15, -0.1) is 5.11 Å². The second-order valence-electron chi connectivity index (χ2n) is 5.12. The Morgan fingerprint density at radius 3 is 2.54 bits per heavy atom. The second-order valence-corrected chi connectivity index (χ2v) is 7.66. The van der Waals surface area contributed by atoms with Crippen molar-refractivity contribution in [2.45, 2.75) is 11.8 Å². The number of nitrogens with zero attached hydrogens (tertiary/aromatic N) is 4. The summed E-state index contributed by atoms with van der Waals surface area (Å²) in [6.45, 7) is 1.44. The molecular formula is C15H13ClN4O5S. The summed E-state index contributed by atoms with van der Waals surface area (Å²) in [7, 11) is 3.85. The molecule has 0 atom stereocenters. The maximum absolute atomic E-state index is 11.9. The van der Waals surface area contributed by atoms with E-state index in [1.54, 1.807) is 6.07 Å². The zero-order chi connectivity index (χ0) is 19.6. The maximum atomic E-state index is 11.9. The van der Waals surface area contributed by atoms with E-state index in [1.165, 1.54) is 33.2 Å². The van der Waals surface area contributed by atoms with E-state index < -0.39 is 20.5 Å². The first kappa shape index (κ1) is 19.4. The highest BCUT2D eigenvalue weighted by Gasteiger charge is 2.19. The van der Waals surface area contributed by atoms with Gasteiger partial charge in [-0.1, -0.05) is 0 Å². The topological polar surface area (TPSA) is 134 Å². The van der Waals surface area contributed by atoms with Gasteiger partial charge in [-0.25, -0.2) is 8.42 Å². The summed E-state index contributed by atoms with van der Waals surface area (Å²) in [4.78, 5) is 11.6. The van der Waals surface area contributed by atoms with E-state index in [-0.39, 0.29) is 33.1 Å². The van der Waals surface area contributed by atoms with Crippen molar-refractivity contribution in [3.05, 3.63) is 39.7 Å². The molecule has 0 aliphatic carbocycles. The molecule has 1 heterocycles. The molecule has 0 fully saturated rings. The van der Waals surface area contributed by atoms with E-state index in [9.17, 15) is 18.3 Å². The van der Waals surface area contributed by atoms with Gasteiger partial charge in [0, 0.05) is 23.3 Å². The summed E-state index contributed by atoms with van der Waals surface area (Å²) in [5.41, 5.74) is -0.680. The van der Waals surface area contributed by atoms with Gasteiger partial charge in [-0.3, -0.25) is 9.36 Å². The molecule has 1 N–H and O–H groups in total. The standard InChI is InChI=1S/C15H13ClN4O5S/c1-8-10(7-17)14(21)20(2)15(22)13(8)19-18-9-4-5-11(25-3)12(6-9)26(16,23)24/h4-6,22H,1-3H3/b19-18+. The van der Waals surface area contributed by atoms with Gasteiger partial charge in [-0.2, -0.15) is 10.4 Å². The average molecular weight is 397 g/mol. The van der Waals surface area contributed by atoms with Gasteiger partial charge in [-0.05, 0) is 25.1 Å². The van der Waals surface area contributed by atoms with Gasteiger partial charge in [0.25, 0.3) is 14.6 Å². The quantitative estimate of drug-likeness (QED) is 0.623. The number of nitriles is 1. The number of ether oxygens (including phenoxy) is 1. The summed E-state index contributed by atoms with van der Waals surface area (Å²) in [5.74, 6) is -0.444. The van der Waals surface area contributed by atoms with E-state index in [1.807, 2.05) is 0 Å². The fourth-order valence-electron chi connectivity index (χ4n) is 2.15. The number of halogens is 1. The van der Waals surface area contributed by atoms with Crippen LogP contribution in [-0.2, 0) is 16.1 Å². The summed E-state index contributed by atoms with van der Waals surface area (Å²) >= 11 is 0. The van der Waals surface area contributed by atoms with Crippen LogP contribution in [0.2, 0.25) is 0 Å². The number of aromatic nitrogens is 1. The third-order valence-corrected chi connectivity index (χ3v) is 4.91. The molecule has 0 spiro atoms. The number of rotatable bonds is 4. The summed E-state index contributed by atoms with van der Waals surface area (Å²) < 4.78 is 29.0. The first-order chi connectivity index (χ1) is 12.1. The van der Waals surface area contributed by atoms with Crippen molar-refractivity contribution in [2.75, 3.05) is 7.11 Å². The fourth-order valence-corrected chi connectivity index (χ4v) is 3.16. The van der Waals surface area contributed by atoms with Gasteiger partial charge in [0.2, 0.25) is 5.88 Å². The zero-order valence-electron chi connectivity index (χ0n) is 13.9. The van der Waals surface area contributed by atoms with Crippen LogP contribution in [0.5, 0.6) is 11.6 Å². The van der Waals surface area contributed by atoms with E-state index in [0.717, 1.165) is 10.6 Å². The van der Waals surface area contributed by atoms with Crippen LogP contribution < -0.4 is 10.3 Å². The molecule has 0 bridgehead atoms. The molecule has 1 aromatic carbocycles. The number of pyridine rings is 1. The minimum Gasteiger partial charge on any atom is -0.495 e. The average Bonchev–Trinajstić information content (AvgIpc) is 2.59. The molecule has 0 aliphatic heterocycles. The minimum absolute atomic E-state index is 0.0341. The van der Waals surface area contributed by atoms with Crippen LogP contribution in [0.15, 0.2) is 38.1 Å². The van der Waals surface area contributed by atoms with Crippen LogP contribution in [0.25, 0.3) is 0 Å². The van der Waals surface area contributed by atoms with Gasteiger partial charge in [0.15, 0.2) is 5.69 Å². The smallest absolute Gasteiger partial charge is 0.271 e. The van der Waals surface area contributed by atoms with Crippen molar-refractivity contribution in [3.63, 3.8) is 0 Å². The second kappa shape index (κ2) is 7.15. The van der Waals surface area contributed by atoms with E-state index >= 15 is 0 Å². The molecule has 0 saturated carbocycles. The molecule has 2 rings (SSSR count). The van der Waals surface area contributed by atoms with Gasteiger partial charge in [0.05, 0.1) is 12.8 Å². The summed E-state index contributed by atoms with van der Waals surface area (Å²) in [5, 5.41) is 26.9. The molecule has 136 valence electrons. The Hall–Kier alpha value is -2.90. The predicted octanol–water partition coefficient (Wildman–Crippen LogP) is 2.62. The molecular weight excluding hydrogens is 384 g/mol. The van der Waals surface area contributed by atoms with Crippen molar-refractivity contribution in [3.8, 4) is 17.7 Å². The number of azo groups is 1. The summed E-state index contributed by atoms with van der Waals surface area (Å²) in [6.07, 6.45) is 0. The zero-order valence-corrected chi connectivity index (χ0v) is 15.5. The maximum Gasteiger partial charge on any atom is 0.271 e. The molecule has 11 heteroatoms. The molecule has 1 aromatic heterocycles.